The third kappa shape index (κ3) is 5.30. The van der Waals surface area contributed by atoms with Crippen LogP contribution in [0.25, 0.3) is 0 Å². The number of nitrogens with one attached hydrogen (secondary N) is 1. The summed E-state index contributed by atoms with van der Waals surface area (Å²) in [4.78, 5) is 25.0. The van der Waals surface area contributed by atoms with Crippen molar-refractivity contribution in [2.75, 3.05) is 19.6 Å². The van der Waals surface area contributed by atoms with Crippen molar-refractivity contribution < 1.29 is 14.7 Å². The maximum Gasteiger partial charge on any atom is 0.303 e. The van der Waals surface area contributed by atoms with Gasteiger partial charge >= 0.3 is 5.97 Å². The molecule has 2 N–H and O–H groups in total. The van der Waals surface area contributed by atoms with E-state index in [0.29, 0.717) is 12.3 Å². The van der Waals surface area contributed by atoms with Gasteiger partial charge in [0.15, 0.2) is 0 Å². The Morgan fingerprint density at radius 3 is 2.71 bits per heavy atom. The second-order valence-corrected chi connectivity index (χ2v) is 6.43. The predicted molar refractivity (Wildman–Crippen MR) is 81.0 cm³/mol. The van der Waals surface area contributed by atoms with Gasteiger partial charge in [-0.05, 0) is 31.7 Å². The SMILES string of the molecule is O=C(O)CCCCN1CCNC(=O)C1CC1CCCCC1. The summed E-state index contributed by atoms with van der Waals surface area (Å²) in [5, 5.41) is 11.7. The molecule has 1 amide bonds. The zero-order valence-electron chi connectivity index (χ0n) is 12.9. The van der Waals surface area contributed by atoms with E-state index in [2.05, 4.69) is 10.2 Å². The number of unbranched alkanes of at least 4 members (excludes halogenated alkanes) is 1. The normalized spacial score (nSPS) is 24.8. The van der Waals surface area contributed by atoms with E-state index < -0.39 is 5.97 Å². The Morgan fingerprint density at radius 2 is 2.00 bits per heavy atom. The summed E-state index contributed by atoms with van der Waals surface area (Å²) in [6.45, 7) is 2.47. The van der Waals surface area contributed by atoms with Gasteiger partial charge in [-0.2, -0.15) is 0 Å². The van der Waals surface area contributed by atoms with Crippen molar-refractivity contribution >= 4 is 11.9 Å². The average molecular weight is 296 g/mol. The number of aliphatic carboxylic acids is 1. The number of carboxylic acid groups (broad SMARTS) is 1. The summed E-state index contributed by atoms with van der Waals surface area (Å²) in [6, 6.07) is 0.00618. The average Bonchev–Trinajstić information content (AvgIpc) is 2.47. The van der Waals surface area contributed by atoms with Crippen molar-refractivity contribution in [1.82, 2.24) is 10.2 Å². The Kier molecular flexibility index (Phi) is 6.49. The van der Waals surface area contributed by atoms with Gasteiger partial charge in [-0.15, -0.1) is 0 Å². The number of carbonyl (C=O) groups is 2. The van der Waals surface area contributed by atoms with Gasteiger partial charge in [-0.1, -0.05) is 32.1 Å². The van der Waals surface area contributed by atoms with E-state index in [1.165, 1.54) is 32.1 Å². The number of nitrogens with zero attached hydrogens (tertiary/aromatic N) is 1. The number of hydrogen-bond donors (Lipinski definition) is 2. The van der Waals surface area contributed by atoms with E-state index in [4.69, 9.17) is 5.11 Å². The Balaban J connectivity index is 1.80. The van der Waals surface area contributed by atoms with Crippen molar-refractivity contribution in [1.29, 1.82) is 0 Å². The van der Waals surface area contributed by atoms with E-state index in [0.717, 1.165) is 32.5 Å². The minimum absolute atomic E-state index is 0.00618. The first-order chi connectivity index (χ1) is 10.2. The Hall–Kier alpha value is -1.10. The lowest BCUT2D eigenvalue weighted by molar-refractivity contribution is -0.137. The summed E-state index contributed by atoms with van der Waals surface area (Å²) >= 11 is 0. The lowest BCUT2D eigenvalue weighted by atomic mass is 9.84. The number of carboxylic acids is 1. The lowest BCUT2D eigenvalue weighted by Crippen LogP contribution is -2.56. The van der Waals surface area contributed by atoms with E-state index in [1.54, 1.807) is 0 Å². The molecule has 2 fully saturated rings. The molecular formula is C16H28N2O3. The molecule has 0 aromatic rings. The second-order valence-electron chi connectivity index (χ2n) is 6.43. The van der Waals surface area contributed by atoms with Crippen LogP contribution >= 0.6 is 0 Å². The van der Waals surface area contributed by atoms with Crippen LogP contribution in [0.15, 0.2) is 0 Å². The standard InChI is InChI=1S/C16H28N2O3/c19-15(20)8-4-5-10-18-11-9-17-16(21)14(18)12-13-6-2-1-3-7-13/h13-14H,1-12H2,(H,17,21)(H,19,20). The van der Waals surface area contributed by atoms with Crippen LogP contribution in [0.4, 0.5) is 0 Å². The Bertz CT molecular complexity index is 353. The maximum atomic E-state index is 12.2. The Labute approximate surface area is 127 Å². The third-order valence-corrected chi connectivity index (χ3v) is 4.81. The summed E-state index contributed by atoms with van der Waals surface area (Å²) in [6.07, 6.45) is 9.23. The van der Waals surface area contributed by atoms with Gasteiger partial charge in [-0.3, -0.25) is 14.5 Å². The summed E-state index contributed by atoms with van der Waals surface area (Å²) < 4.78 is 0. The first-order valence-electron chi connectivity index (χ1n) is 8.40. The zero-order chi connectivity index (χ0) is 15.1. The number of hydrogen-bond acceptors (Lipinski definition) is 3. The molecule has 1 atom stereocenters. The summed E-state index contributed by atoms with van der Waals surface area (Å²) in [5.74, 6) is 0.129. The highest BCUT2D eigenvalue weighted by atomic mass is 16.4. The molecular weight excluding hydrogens is 268 g/mol. The highest BCUT2D eigenvalue weighted by Crippen LogP contribution is 2.29. The molecule has 0 aromatic carbocycles. The van der Waals surface area contributed by atoms with Crippen LogP contribution < -0.4 is 5.32 Å². The number of piperazine rings is 1. The molecule has 5 heteroatoms. The van der Waals surface area contributed by atoms with Crippen LogP contribution in [0, 0.1) is 5.92 Å². The van der Waals surface area contributed by atoms with E-state index in [9.17, 15) is 9.59 Å². The van der Waals surface area contributed by atoms with Crippen molar-refractivity contribution in [3.05, 3.63) is 0 Å². The molecule has 5 nitrogen and oxygen atoms in total. The first kappa shape index (κ1) is 16.3. The van der Waals surface area contributed by atoms with Crippen LogP contribution in [-0.4, -0.2) is 47.6 Å². The summed E-state index contributed by atoms with van der Waals surface area (Å²) in [5.41, 5.74) is 0. The minimum atomic E-state index is -0.731. The van der Waals surface area contributed by atoms with Crippen molar-refractivity contribution in [2.24, 2.45) is 5.92 Å². The molecule has 1 saturated heterocycles. The molecule has 0 bridgehead atoms. The van der Waals surface area contributed by atoms with Gasteiger partial charge in [0.25, 0.3) is 0 Å². The molecule has 2 rings (SSSR count). The van der Waals surface area contributed by atoms with Crippen molar-refractivity contribution in [2.45, 2.75) is 63.8 Å². The molecule has 0 spiro atoms. The third-order valence-electron chi connectivity index (χ3n) is 4.81. The lowest BCUT2D eigenvalue weighted by Gasteiger charge is -2.37. The molecule has 1 aliphatic heterocycles. The molecule has 1 aliphatic carbocycles. The number of amides is 1. The molecule has 2 aliphatic rings. The molecule has 1 saturated carbocycles. The van der Waals surface area contributed by atoms with Gasteiger partial charge in [-0.25, -0.2) is 0 Å². The summed E-state index contributed by atoms with van der Waals surface area (Å²) in [7, 11) is 0. The molecule has 21 heavy (non-hydrogen) atoms. The van der Waals surface area contributed by atoms with Gasteiger partial charge < -0.3 is 10.4 Å². The number of rotatable bonds is 7. The van der Waals surface area contributed by atoms with Crippen LogP contribution in [0.5, 0.6) is 0 Å². The molecule has 1 heterocycles. The fourth-order valence-electron chi connectivity index (χ4n) is 3.62. The van der Waals surface area contributed by atoms with Crippen LogP contribution in [0.3, 0.4) is 0 Å². The Morgan fingerprint density at radius 1 is 1.24 bits per heavy atom. The molecule has 1 unspecified atom stereocenters. The van der Waals surface area contributed by atoms with Gasteiger partial charge in [0.2, 0.25) is 5.91 Å². The van der Waals surface area contributed by atoms with Crippen LogP contribution in [0.2, 0.25) is 0 Å². The van der Waals surface area contributed by atoms with E-state index in [-0.39, 0.29) is 18.4 Å². The van der Waals surface area contributed by atoms with Gasteiger partial charge in [0.05, 0.1) is 6.04 Å². The van der Waals surface area contributed by atoms with E-state index in [1.807, 2.05) is 0 Å². The van der Waals surface area contributed by atoms with Gasteiger partial charge in [0.1, 0.15) is 0 Å². The topological polar surface area (TPSA) is 69.6 Å². The molecule has 0 aromatic heterocycles. The quantitative estimate of drug-likeness (QED) is 0.705. The van der Waals surface area contributed by atoms with E-state index >= 15 is 0 Å². The zero-order valence-corrected chi connectivity index (χ0v) is 12.9. The van der Waals surface area contributed by atoms with Crippen LogP contribution in [-0.2, 0) is 9.59 Å². The number of carbonyl (C=O) groups excluding carboxylic acids is 1. The fraction of sp³-hybridized carbons (Fsp3) is 0.875. The molecule has 0 radical (unpaired) electrons. The smallest absolute Gasteiger partial charge is 0.303 e. The van der Waals surface area contributed by atoms with Crippen molar-refractivity contribution in [3.8, 4) is 0 Å². The predicted octanol–water partition coefficient (Wildman–Crippen LogP) is 2.01. The van der Waals surface area contributed by atoms with Gasteiger partial charge in [0, 0.05) is 19.5 Å². The second kappa shape index (κ2) is 8.37. The minimum Gasteiger partial charge on any atom is -0.481 e. The highest BCUT2D eigenvalue weighted by Gasteiger charge is 2.31. The first-order valence-corrected chi connectivity index (χ1v) is 8.40. The largest absolute Gasteiger partial charge is 0.481 e. The maximum absolute atomic E-state index is 12.2. The fourth-order valence-corrected chi connectivity index (χ4v) is 3.62. The molecule has 120 valence electrons. The van der Waals surface area contributed by atoms with Crippen molar-refractivity contribution in [3.63, 3.8) is 0 Å². The van der Waals surface area contributed by atoms with Crippen LogP contribution in [0.1, 0.15) is 57.8 Å². The highest BCUT2D eigenvalue weighted by molar-refractivity contribution is 5.82. The monoisotopic (exact) mass is 296 g/mol.